The maximum Gasteiger partial charge on any atom is 0.133 e. The number of nitrogens with zero attached hydrogens (tertiary/aromatic N) is 3. The maximum absolute atomic E-state index is 9.35. The van der Waals surface area contributed by atoms with Crippen LogP contribution < -0.4 is 5.73 Å². The van der Waals surface area contributed by atoms with E-state index in [-0.39, 0.29) is 6.61 Å². The lowest BCUT2D eigenvalue weighted by Crippen LogP contribution is -2.46. The Labute approximate surface area is 170 Å². The lowest BCUT2D eigenvalue weighted by atomic mass is 9.74. The molecular weight excluding hydrogens is 360 g/mol. The van der Waals surface area contributed by atoms with Crippen molar-refractivity contribution in [1.29, 1.82) is 0 Å². The van der Waals surface area contributed by atoms with Crippen molar-refractivity contribution in [3.05, 3.63) is 120 Å². The second-order valence-corrected chi connectivity index (χ2v) is 7.01. The SMILES string of the molecule is N[C@@H](c1ccccc1)C(c1ccccc1)(c1ccccc1)n1cc(CCO)nn1. The predicted octanol–water partition coefficient (Wildman–Crippen LogP) is 3.30. The van der Waals surface area contributed by atoms with Crippen molar-refractivity contribution in [3.63, 3.8) is 0 Å². The van der Waals surface area contributed by atoms with E-state index in [1.165, 1.54) is 0 Å². The summed E-state index contributed by atoms with van der Waals surface area (Å²) < 4.78 is 1.85. The molecule has 0 radical (unpaired) electrons. The lowest BCUT2D eigenvalue weighted by molar-refractivity contribution is 0.298. The first-order valence-corrected chi connectivity index (χ1v) is 9.71. The van der Waals surface area contributed by atoms with E-state index < -0.39 is 11.6 Å². The summed E-state index contributed by atoms with van der Waals surface area (Å²) in [4.78, 5) is 0. The molecule has 146 valence electrons. The Morgan fingerprint density at radius 2 is 1.34 bits per heavy atom. The molecule has 0 amide bonds. The monoisotopic (exact) mass is 384 g/mol. The van der Waals surface area contributed by atoms with Crippen LogP contribution in [0.3, 0.4) is 0 Å². The van der Waals surface area contributed by atoms with Crippen LogP contribution in [0.5, 0.6) is 0 Å². The molecule has 29 heavy (non-hydrogen) atoms. The summed E-state index contributed by atoms with van der Waals surface area (Å²) in [6, 6.07) is 29.9. The van der Waals surface area contributed by atoms with Crippen molar-refractivity contribution >= 4 is 0 Å². The van der Waals surface area contributed by atoms with Crippen molar-refractivity contribution in [3.8, 4) is 0 Å². The number of hydrogen-bond donors (Lipinski definition) is 2. The van der Waals surface area contributed by atoms with Gasteiger partial charge in [0, 0.05) is 13.0 Å². The largest absolute Gasteiger partial charge is 0.396 e. The number of nitrogens with two attached hydrogens (primary N) is 1. The number of rotatable bonds is 7. The molecule has 0 saturated heterocycles. The quantitative estimate of drug-likeness (QED) is 0.513. The predicted molar refractivity (Wildman–Crippen MR) is 113 cm³/mol. The second-order valence-electron chi connectivity index (χ2n) is 7.01. The Hall–Kier alpha value is -3.28. The van der Waals surface area contributed by atoms with Gasteiger partial charge >= 0.3 is 0 Å². The first kappa shape index (κ1) is 19.1. The van der Waals surface area contributed by atoms with Gasteiger partial charge in [0.25, 0.3) is 0 Å². The summed E-state index contributed by atoms with van der Waals surface area (Å²) >= 11 is 0. The fourth-order valence-corrected chi connectivity index (χ4v) is 3.92. The van der Waals surface area contributed by atoms with Gasteiger partial charge < -0.3 is 10.8 Å². The highest BCUT2D eigenvalue weighted by Crippen LogP contribution is 2.42. The number of aliphatic hydroxyl groups excluding tert-OH is 1. The standard InChI is InChI=1S/C24H24N4O/c25-23(19-10-4-1-5-11-19)24(20-12-6-2-7-13-20,21-14-8-3-9-15-21)28-18-22(16-17-29)26-27-28/h1-15,18,23,29H,16-17,25H2/t23-/m0/s1. The molecule has 1 aromatic heterocycles. The van der Waals surface area contributed by atoms with Crippen molar-refractivity contribution in [2.45, 2.75) is 18.0 Å². The smallest absolute Gasteiger partial charge is 0.133 e. The Balaban J connectivity index is 2.02. The van der Waals surface area contributed by atoms with Crippen LogP contribution in [0.4, 0.5) is 0 Å². The highest BCUT2D eigenvalue weighted by molar-refractivity contribution is 5.44. The molecule has 3 N–H and O–H groups in total. The molecule has 4 aromatic rings. The van der Waals surface area contributed by atoms with E-state index in [2.05, 4.69) is 34.6 Å². The molecular formula is C24H24N4O. The van der Waals surface area contributed by atoms with Crippen LogP contribution in [0.2, 0.25) is 0 Å². The van der Waals surface area contributed by atoms with Gasteiger partial charge in [0.05, 0.1) is 17.9 Å². The molecule has 0 saturated carbocycles. The zero-order chi connectivity index (χ0) is 20.1. The topological polar surface area (TPSA) is 77.0 Å². The first-order valence-electron chi connectivity index (χ1n) is 9.71. The van der Waals surface area contributed by atoms with E-state index >= 15 is 0 Å². The Bertz CT molecular complexity index is 993. The third-order valence-corrected chi connectivity index (χ3v) is 5.31. The summed E-state index contributed by atoms with van der Waals surface area (Å²) in [5, 5.41) is 18.1. The zero-order valence-corrected chi connectivity index (χ0v) is 16.1. The molecule has 1 heterocycles. The van der Waals surface area contributed by atoms with Crippen molar-refractivity contribution in [2.24, 2.45) is 5.73 Å². The molecule has 0 aliphatic heterocycles. The maximum atomic E-state index is 9.35. The number of aliphatic hydroxyl groups is 1. The van der Waals surface area contributed by atoms with Crippen LogP contribution in [0.15, 0.2) is 97.2 Å². The van der Waals surface area contributed by atoms with Crippen molar-refractivity contribution in [2.75, 3.05) is 6.61 Å². The van der Waals surface area contributed by atoms with Gasteiger partial charge in [-0.05, 0) is 16.7 Å². The molecule has 0 unspecified atom stereocenters. The van der Waals surface area contributed by atoms with E-state index in [9.17, 15) is 5.11 Å². The van der Waals surface area contributed by atoms with Gasteiger partial charge in [-0.3, -0.25) is 0 Å². The number of hydrogen-bond acceptors (Lipinski definition) is 4. The van der Waals surface area contributed by atoms with Crippen LogP contribution in [0.1, 0.15) is 28.4 Å². The highest BCUT2D eigenvalue weighted by atomic mass is 16.3. The fraction of sp³-hybridized carbons (Fsp3) is 0.167. The molecule has 0 fully saturated rings. The van der Waals surface area contributed by atoms with Gasteiger partial charge in [0.2, 0.25) is 0 Å². The molecule has 0 spiro atoms. The van der Waals surface area contributed by atoms with Crippen LogP contribution in [0, 0.1) is 0 Å². The van der Waals surface area contributed by atoms with E-state index in [1.54, 1.807) is 0 Å². The Kier molecular flexibility index (Phi) is 5.51. The molecule has 5 nitrogen and oxygen atoms in total. The van der Waals surface area contributed by atoms with E-state index in [1.807, 2.05) is 77.6 Å². The molecule has 0 bridgehead atoms. The van der Waals surface area contributed by atoms with Crippen LogP contribution in [-0.2, 0) is 12.0 Å². The van der Waals surface area contributed by atoms with Gasteiger partial charge in [-0.15, -0.1) is 5.10 Å². The normalized spacial score (nSPS) is 12.6. The fourth-order valence-electron chi connectivity index (χ4n) is 3.92. The first-order chi connectivity index (χ1) is 14.3. The van der Waals surface area contributed by atoms with Gasteiger partial charge in [-0.25, -0.2) is 4.68 Å². The summed E-state index contributed by atoms with van der Waals surface area (Å²) in [5.41, 5.74) is 9.97. The number of aromatic nitrogens is 3. The minimum absolute atomic E-state index is 0.0209. The average Bonchev–Trinajstić information content (AvgIpc) is 3.25. The van der Waals surface area contributed by atoms with Gasteiger partial charge in [-0.2, -0.15) is 0 Å². The van der Waals surface area contributed by atoms with Crippen molar-refractivity contribution < 1.29 is 5.11 Å². The van der Waals surface area contributed by atoms with Crippen LogP contribution >= 0.6 is 0 Å². The molecule has 5 heteroatoms. The minimum atomic E-state index is -0.801. The van der Waals surface area contributed by atoms with E-state index in [0.29, 0.717) is 6.42 Å². The van der Waals surface area contributed by atoms with Gasteiger partial charge in [0.1, 0.15) is 5.54 Å². The molecule has 0 aliphatic rings. The molecule has 1 atom stereocenters. The van der Waals surface area contributed by atoms with E-state index in [4.69, 9.17) is 5.73 Å². The van der Waals surface area contributed by atoms with Gasteiger partial charge in [-0.1, -0.05) is 96.2 Å². The Morgan fingerprint density at radius 3 is 1.86 bits per heavy atom. The van der Waals surface area contributed by atoms with Gasteiger partial charge in [0.15, 0.2) is 0 Å². The summed E-state index contributed by atoms with van der Waals surface area (Å²) in [6.45, 7) is 0.0209. The minimum Gasteiger partial charge on any atom is -0.396 e. The molecule has 3 aromatic carbocycles. The summed E-state index contributed by atoms with van der Waals surface area (Å²) in [6.07, 6.45) is 2.33. The van der Waals surface area contributed by atoms with Crippen LogP contribution in [0.25, 0.3) is 0 Å². The van der Waals surface area contributed by atoms with Crippen molar-refractivity contribution in [1.82, 2.24) is 15.0 Å². The van der Waals surface area contributed by atoms with Crippen LogP contribution in [-0.4, -0.2) is 26.7 Å². The third kappa shape index (κ3) is 3.46. The average molecular weight is 384 g/mol. The lowest BCUT2D eigenvalue weighted by Gasteiger charge is -2.40. The molecule has 4 rings (SSSR count). The second kappa shape index (κ2) is 8.39. The van der Waals surface area contributed by atoms with E-state index in [0.717, 1.165) is 22.4 Å². The Morgan fingerprint density at radius 1 is 0.828 bits per heavy atom. The zero-order valence-electron chi connectivity index (χ0n) is 16.1. The molecule has 0 aliphatic carbocycles. The summed E-state index contributed by atoms with van der Waals surface area (Å²) in [7, 11) is 0. The highest BCUT2D eigenvalue weighted by Gasteiger charge is 2.44. The number of benzene rings is 3. The third-order valence-electron chi connectivity index (χ3n) is 5.31. The summed E-state index contributed by atoms with van der Waals surface area (Å²) in [5.74, 6) is 0.